The fourth-order valence-electron chi connectivity index (χ4n) is 4.02. The molecule has 0 aliphatic carbocycles. The number of β-amino-alcohol motifs (C(OH)–C–C–N with tert-alkyl or cyclic N) is 1. The summed E-state index contributed by atoms with van der Waals surface area (Å²) in [7, 11) is 0. The van der Waals surface area contributed by atoms with Crippen LogP contribution in [-0.2, 0) is 19.4 Å². The number of benzene rings is 2. The predicted molar refractivity (Wildman–Crippen MR) is 99.1 cm³/mol. The van der Waals surface area contributed by atoms with E-state index in [1.165, 1.54) is 11.1 Å². The van der Waals surface area contributed by atoms with Gasteiger partial charge in [0.15, 0.2) is 0 Å². The van der Waals surface area contributed by atoms with Crippen LogP contribution in [0.3, 0.4) is 0 Å². The number of nitrogens with zero attached hydrogens (tertiary/aromatic N) is 2. The lowest BCUT2D eigenvalue weighted by molar-refractivity contribution is 0.0492. The largest absolute Gasteiger partial charge is 0.508 e. The molecule has 2 aliphatic rings. The van der Waals surface area contributed by atoms with E-state index >= 15 is 0 Å². The summed E-state index contributed by atoms with van der Waals surface area (Å²) in [4.78, 5) is 16.6. The van der Waals surface area contributed by atoms with Crippen molar-refractivity contribution in [1.29, 1.82) is 0 Å². The molecule has 1 atom stereocenters. The zero-order chi connectivity index (χ0) is 18.1. The SMILES string of the molecule is O=C1c2ccc(O)cc2CCN1C[C@H](O)CN1CCc2ccccc2C1. The maximum absolute atomic E-state index is 12.6. The Morgan fingerprint density at radius 1 is 0.962 bits per heavy atom. The summed E-state index contributed by atoms with van der Waals surface area (Å²) < 4.78 is 0. The van der Waals surface area contributed by atoms with Crippen LogP contribution < -0.4 is 0 Å². The summed E-state index contributed by atoms with van der Waals surface area (Å²) in [5.74, 6) is 0.129. The topological polar surface area (TPSA) is 64.0 Å². The number of hydrogen-bond donors (Lipinski definition) is 2. The van der Waals surface area contributed by atoms with Gasteiger partial charge in [0.1, 0.15) is 5.75 Å². The number of hydrogen-bond acceptors (Lipinski definition) is 4. The van der Waals surface area contributed by atoms with E-state index in [2.05, 4.69) is 29.2 Å². The Kier molecular flexibility index (Phi) is 4.66. The van der Waals surface area contributed by atoms with Crippen molar-refractivity contribution in [1.82, 2.24) is 9.80 Å². The Hall–Kier alpha value is -2.37. The van der Waals surface area contributed by atoms with Crippen molar-refractivity contribution in [3.8, 4) is 5.75 Å². The standard InChI is InChI=1S/C21H24N2O3/c24-18-5-6-20-16(11-18)8-10-23(21(20)26)14-19(25)13-22-9-7-15-3-1-2-4-17(15)12-22/h1-6,11,19,24-25H,7-10,12-14H2/t19-/m1/s1. The summed E-state index contributed by atoms with van der Waals surface area (Å²) >= 11 is 0. The number of phenolic OH excluding ortho intramolecular Hbond substituents is 1. The number of amides is 1. The Balaban J connectivity index is 1.36. The highest BCUT2D eigenvalue weighted by atomic mass is 16.3. The normalized spacial score (nSPS) is 18.3. The molecule has 0 saturated heterocycles. The minimum atomic E-state index is -0.567. The molecule has 0 aromatic heterocycles. The molecule has 2 heterocycles. The molecule has 136 valence electrons. The molecule has 5 nitrogen and oxygen atoms in total. The second-order valence-electron chi connectivity index (χ2n) is 7.25. The molecule has 2 aliphatic heterocycles. The van der Waals surface area contributed by atoms with Crippen LogP contribution in [0.2, 0.25) is 0 Å². The number of carbonyl (C=O) groups is 1. The van der Waals surface area contributed by atoms with E-state index in [0.717, 1.165) is 25.1 Å². The minimum absolute atomic E-state index is 0.0608. The third-order valence-corrected chi connectivity index (χ3v) is 5.37. The monoisotopic (exact) mass is 352 g/mol. The van der Waals surface area contributed by atoms with Crippen LogP contribution in [0.15, 0.2) is 42.5 Å². The van der Waals surface area contributed by atoms with Crippen molar-refractivity contribution < 1.29 is 15.0 Å². The van der Waals surface area contributed by atoms with Gasteiger partial charge < -0.3 is 15.1 Å². The van der Waals surface area contributed by atoms with Gasteiger partial charge >= 0.3 is 0 Å². The first-order valence-corrected chi connectivity index (χ1v) is 9.18. The van der Waals surface area contributed by atoms with E-state index in [4.69, 9.17) is 0 Å². The molecule has 2 aromatic carbocycles. The Morgan fingerprint density at radius 2 is 1.73 bits per heavy atom. The smallest absolute Gasteiger partial charge is 0.254 e. The van der Waals surface area contributed by atoms with E-state index in [1.54, 1.807) is 23.1 Å². The number of fused-ring (bicyclic) bond motifs is 2. The second-order valence-corrected chi connectivity index (χ2v) is 7.25. The van der Waals surface area contributed by atoms with Crippen molar-refractivity contribution in [2.45, 2.75) is 25.5 Å². The number of carbonyl (C=O) groups excluding carboxylic acids is 1. The highest BCUT2D eigenvalue weighted by molar-refractivity contribution is 5.97. The van der Waals surface area contributed by atoms with E-state index in [9.17, 15) is 15.0 Å². The summed E-state index contributed by atoms with van der Waals surface area (Å²) in [6, 6.07) is 13.3. The average Bonchev–Trinajstić information content (AvgIpc) is 2.64. The molecule has 0 fully saturated rings. The molecule has 1 amide bonds. The maximum atomic E-state index is 12.6. The zero-order valence-electron chi connectivity index (χ0n) is 14.8. The molecule has 0 spiro atoms. The van der Waals surface area contributed by atoms with Gasteiger partial charge in [0.2, 0.25) is 0 Å². The van der Waals surface area contributed by atoms with Crippen molar-refractivity contribution in [3.05, 3.63) is 64.7 Å². The van der Waals surface area contributed by atoms with E-state index < -0.39 is 6.10 Å². The molecular weight excluding hydrogens is 328 g/mol. The minimum Gasteiger partial charge on any atom is -0.508 e. The van der Waals surface area contributed by atoms with Gasteiger partial charge in [0.05, 0.1) is 6.10 Å². The predicted octanol–water partition coefficient (Wildman–Crippen LogP) is 1.81. The van der Waals surface area contributed by atoms with Crippen LogP contribution in [0.4, 0.5) is 0 Å². The molecule has 0 bridgehead atoms. The highest BCUT2D eigenvalue weighted by Gasteiger charge is 2.27. The number of aliphatic hydroxyl groups excluding tert-OH is 1. The van der Waals surface area contributed by atoms with E-state index in [0.29, 0.717) is 31.6 Å². The van der Waals surface area contributed by atoms with E-state index in [-0.39, 0.29) is 11.7 Å². The first-order chi connectivity index (χ1) is 12.6. The zero-order valence-corrected chi connectivity index (χ0v) is 14.8. The molecule has 5 heteroatoms. The van der Waals surface area contributed by atoms with Gasteiger partial charge in [-0.05, 0) is 47.7 Å². The third-order valence-electron chi connectivity index (χ3n) is 5.37. The Bertz CT molecular complexity index is 821. The van der Waals surface area contributed by atoms with Gasteiger partial charge in [-0.2, -0.15) is 0 Å². The fraction of sp³-hybridized carbons (Fsp3) is 0.381. The first-order valence-electron chi connectivity index (χ1n) is 9.18. The first kappa shape index (κ1) is 17.1. The lowest BCUT2D eigenvalue weighted by Gasteiger charge is -2.34. The molecule has 0 unspecified atom stereocenters. The molecular formula is C21H24N2O3. The van der Waals surface area contributed by atoms with Crippen LogP contribution >= 0.6 is 0 Å². The molecule has 26 heavy (non-hydrogen) atoms. The summed E-state index contributed by atoms with van der Waals surface area (Å²) in [5, 5.41) is 20.1. The second kappa shape index (κ2) is 7.09. The van der Waals surface area contributed by atoms with Crippen LogP contribution in [0.5, 0.6) is 5.75 Å². The van der Waals surface area contributed by atoms with Crippen LogP contribution in [0.1, 0.15) is 27.0 Å². The lowest BCUT2D eigenvalue weighted by atomic mass is 9.98. The molecule has 2 N–H and O–H groups in total. The van der Waals surface area contributed by atoms with Gasteiger partial charge in [-0.3, -0.25) is 9.69 Å². The number of aromatic hydroxyl groups is 1. The highest BCUT2D eigenvalue weighted by Crippen LogP contribution is 2.24. The van der Waals surface area contributed by atoms with Gasteiger partial charge in [0.25, 0.3) is 5.91 Å². The van der Waals surface area contributed by atoms with Gasteiger partial charge in [-0.1, -0.05) is 24.3 Å². The van der Waals surface area contributed by atoms with Gasteiger partial charge in [0, 0.05) is 38.3 Å². The molecule has 0 saturated carbocycles. The lowest BCUT2D eigenvalue weighted by Crippen LogP contribution is -2.46. The molecule has 0 radical (unpaired) electrons. The van der Waals surface area contributed by atoms with Crippen LogP contribution in [-0.4, -0.2) is 58.2 Å². The van der Waals surface area contributed by atoms with Crippen LogP contribution in [0, 0.1) is 0 Å². The van der Waals surface area contributed by atoms with Crippen molar-refractivity contribution in [3.63, 3.8) is 0 Å². The molecule has 4 rings (SSSR count). The Labute approximate surface area is 153 Å². The number of phenols is 1. The van der Waals surface area contributed by atoms with E-state index in [1.807, 2.05) is 0 Å². The van der Waals surface area contributed by atoms with Gasteiger partial charge in [-0.25, -0.2) is 0 Å². The number of rotatable bonds is 4. The maximum Gasteiger partial charge on any atom is 0.254 e. The van der Waals surface area contributed by atoms with Crippen molar-refractivity contribution >= 4 is 5.91 Å². The fourth-order valence-corrected chi connectivity index (χ4v) is 4.02. The van der Waals surface area contributed by atoms with Crippen molar-refractivity contribution in [2.24, 2.45) is 0 Å². The van der Waals surface area contributed by atoms with Crippen LogP contribution in [0.25, 0.3) is 0 Å². The van der Waals surface area contributed by atoms with Gasteiger partial charge in [-0.15, -0.1) is 0 Å². The quantitative estimate of drug-likeness (QED) is 0.881. The molecule has 2 aromatic rings. The third kappa shape index (κ3) is 3.45. The number of aliphatic hydroxyl groups is 1. The summed E-state index contributed by atoms with van der Waals surface area (Å²) in [6.45, 7) is 3.28. The summed E-state index contributed by atoms with van der Waals surface area (Å²) in [5.41, 5.74) is 4.24. The van der Waals surface area contributed by atoms with Crippen molar-refractivity contribution in [2.75, 3.05) is 26.2 Å². The summed E-state index contributed by atoms with van der Waals surface area (Å²) in [6.07, 6.45) is 1.14. The average molecular weight is 352 g/mol. The Morgan fingerprint density at radius 3 is 2.58 bits per heavy atom.